The van der Waals surface area contributed by atoms with Gasteiger partial charge < -0.3 is 4.98 Å². The van der Waals surface area contributed by atoms with Gasteiger partial charge in [-0.1, -0.05) is 29.8 Å². The van der Waals surface area contributed by atoms with Gasteiger partial charge in [-0.15, -0.1) is 0 Å². The molecule has 6 heteroatoms. The standard InChI is InChI=1S/C12H7ClF3NO/c13-7-5-10(17-11(18)6-7)8-3-1-2-4-9(8)12(14,15)16/h1-6H,(H,17,18). The summed E-state index contributed by atoms with van der Waals surface area (Å²) in [7, 11) is 0. The third-order valence-corrected chi connectivity index (χ3v) is 2.55. The van der Waals surface area contributed by atoms with E-state index in [1.807, 2.05) is 0 Å². The number of hydrogen-bond acceptors (Lipinski definition) is 1. The molecule has 0 aliphatic carbocycles. The second kappa shape index (κ2) is 4.49. The molecule has 0 spiro atoms. The molecule has 1 aromatic carbocycles. The first-order valence-corrected chi connectivity index (χ1v) is 5.32. The fourth-order valence-electron chi connectivity index (χ4n) is 1.62. The van der Waals surface area contributed by atoms with Crippen LogP contribution in [0.25, 0.3) is 11.3 Å². The van der Waals surface area contributed by atoms with Crippen LogP contribution in [0.5, 0.6) is 0 Å². The number of H-pyrrole nitrogens is 1. The fourth-order valence-corrected chi connectivity index (χ4v) is 1.83. The minimum atomic E-state index is -4.49. The van der Waals surface area contributed by atoms with Gasteiger partial charge in [0.1, 0.15) is 0 Å². The number of nitrogens with one attached hydrogen (secondary N) is 1. The minimum Gasteiger partial charge on any atom is -0.322 e. The zero-order valence-corrected chi connectivity index (χ0v) is 9.64. The van der Waals surface area contributed by atoms with Crippen molar-refractivity contribution in [2.75, 3.05) is 0 Å². The van der Waals surface area contributed by atoms with Crippen molar-refractivity contribution in [1.82, 2.24) is 4.98 Å². The van der Waals surface area contributed by atoms with Gasteiger partial charge in [0, 0.05) is 16.7 Å². The number of aromatic nitrogens is 1. The van der Waals surface area contributed by atoms with E-state index in [9.17, 15) is 18.0 Å². The highest BCUT2D eigenvalue weighted by Gasteiger charge is 2.33. The highest BCUT2D eigenvalue weighted by atomic mass is 35.5. The molecule has 0 unspecified atom stereocenters. The van der Waals surface area contributed by atoms with Crippen LogP contribution in [0.15, 0.2) is 41.2 Å². The van der Waals surface area contributed by atoms with E-state index >= 15 is 0 Å². The highest BCUT2D eigenvalue weighted by Crippen LogP contribution is 2.36. The molecule has 0 saturated carbocycles. The normalized spacial score (nSPS) is 11.6. The molecule has 2 rings (SSSR count). The van der Waals surface area contributed by atoms with Crippen molar-refractivity contribution >= 4 is 11.6 Å². The average Bonchev–Trinajstić information content (AvgIpc) is 2.26. The molecular weight excluding hydrogens is 267 g/mol. The van der Waals surface area contributed by atoms with E-state index in [1.165, 1.54) is 24.3 Å². The quantitative estimate of drug-likeness (QED) is 0.844. The van der Waals surface area contributed by atoms with Gasteiger partial charge in [-0.2, -0.15) is 13.2 Å². The van der Waals surface area contributed by atoms with Crippen LogP contribution in [0, 0.1) is 0 Å². The van der Waals surface area contributed by atoms with Gasteiger partial charge in [-0.25, -0.2) is 0 Å². The second-order valence-corrected chi connectivity index (χ2v) is 4.06. The van der Waals surface area contributed by atoms with E-state index < -0.39 is 17.3 Å². The van der Waals surface area contributed by atoms with Crippen molar-refractivity contribution in [2.45, 2.75) is 6.18 Å². The first kappa shape index (κ1) is 12.7. The first-order valence-electron chi connectivity index (χ1n) is 4.94. The summed E-state index contributed by atoms with van der Waals surface area (Å²) in [5.74, 6) is 0. The van der Waals surface area contributed by atoms with Crippen LogP contribution in [-0.2, 0) is 6.18 Å². The molecule has 0 fully saturated rings. The lowest BCUT2D eigenvalue weighted by molar-refractivity contribution is -0.137. The summed E-state index contributed by atoms with van der Waals surface area (Å²) in [5, 5.41) is 0.0886. The summed E-state index contributed by atoms with van der Waals surface area (Å²) < 4.78 is 38.4. The molecule has 2 aromatic rings. The number of rotatable bonds is 1. The monoisotopic (exact) mass is 273 g/mol. The molecule has 1 N–H and O–H groups in total. The van der Waals surface area contributed by atoms with Crippen molar-refractivity contribution in [1.29, 1.82) is 0 Å². The van der Waals surface area contributed by atoms with Crippen molar-refractivity contribution in [3.63, 3.8) is 0 Å². The zero-order chi connectivity index (χ0) is 13.3. The predicted molar refractivity (Wildman–Crippen MR) is 62.5 cm³/mol. The Kier molecular flexibility index (Phi) is 3.17. The highest BCUT2D eigenvalue weighted by molar-refractivity contribution is 6.30. The molecule has 0 bridgehead atoms. The Morgan fingerprint density at radius 3 is 2.39 bits per heavy atom. The minimum absolute atomic E-state index is 0.0421. The molecule has 0 saturated heterocycles. The number of alkyl halides is 3. The number of benzene rings is 1. The maximum absolute atomic E-state index is 12.8. The van der Waals surface area contributed by atoms with Gasteiger partial charge in [0.2, 0.25) is 5.56 Å². The van der Waals surface area contributed by atoms with Crippen molar-refractivity contribution in [3.8, 4) is 11.3 Å². The number of pyridine rings is 1. The molecule has 0 amide bonds. The molecule has 94 valence electrons. The Balaban J connectivity index is 2.68. The summed E-state index contributed by atoms with van der Waals surface area (Å²) in [6, 6.07) is 7.37. The Hall–Kier alpha value is -1.75. The lowest BCUT2D eigenvalue weighted by atomic mass is 10.0. The fraction of sp³-hybridized carbons (Fsp3) is 0.0833. The second-order valence-electron chi connectivity index (χ2n) is 3.62. The summed E-state index contributed by atoms with van der Waals surface area (Å²) in [6.45, 7) is 0. The van der Waals surface area contributed by atoms with E-state index in [0.717, 1.165) is 12.1 Å². The van der Waals surface area contributed by atoms with Gasteiger partial charge in [0.15, 0.2) is 0 Å². The smallest absolute Gasteiger partial charge is 0.322 e. The van der Waals surface area contributed by atoms with E-state index in [0.29, 0.717) is 0 Å². The largest absolute Gasteiger partial charge is 0.417 e. The van der Waals surface area contributed by atoms with E-state index in [4.69, 9.17) is 11.6 Å². The van der Waals surface area contributed by atoms with Crippen LogP contribution in [0.3, 0.4) is 0 Å². The van der Waals surface area contributed by atoms with E-state index in [1.54, 1.807) is 0 Å². The van der Waals surface area contributed by atoms with Crippen LogP contribution in [0.4, 0.5) is 13.2 Å². The van der Waals surface area contributed by atoms with Crippen LogP contribution in [-0.4, -0.2) is 4.98 Å². The maximum atomic E-state index is 12.8. The van der Waals surface area contributed by atoms with Crippen molar-refractivity contribution < 1.29 is 13.2 Å². The Bertz CT molecular complexity index is 634. The molecule has 0 aliphatic rings. The molecule has 2 nitrogen and oxygen atoms in total. The van der Waals surface area contributed by atoms with Crippen LogP contribution >= 0.6 is 11.6 Å². The zero-order valence-electron chi connectivity index (χ0n) is 8.88. The van der Waals surface area contributed by atoms with Crippen LogP contribution in [0.1, 0.15) is 5.56 Å². The third-order valence-electron chi connectivity index (χ3n) is 2.33. The van der Waals surface area contributed by atoms with Gasteiger partial charge >= 0.3 is 6.18 Å². The Labute approximate surface area is 105 Å². The van der Waals surface area contributed by atoms with Gasteiger partial charge in [0.25, 0.3) is 0 Å². The molecular formula is C12H7ClF3NO. The summed E-state index contributed by atoms with van der Waals surface area (Å²) in [6.07, 6.45) is -4.49. The lowest BCUT2D eigenvalue weighted by Gasteiger charge is -2.12. The van der Waals surface area contributed by atoms with E-state index in [-0.39, 0.29) is 16.3 Å². The lowest BCUT2D eigenvalue weighted by Crippen LogP contribution is -2.10. The van der Waals surface area contributed by atoms with Gasteiger partial charge in [-0.3, -0.25) is 4.79 Å². The summed E-state index contributed by atoms with van der Waals surface area (Å²) >= 11 is 5.67. The molecule has 1 aromatic heterocycles. The predicted octanol–water partition coefficient (Wildman–Crippen LogP) is 3.71. The molecule has 1 heterocycles. The first-order chi connectivity index (χ1) is 8.38. The molecule has 18 heavy (non-hydrogen) atoms. The third kappa shape index (κ3) is 2.56. The van der Waals surface area contributed by atoms with Crippen LogP contribution < -0.4 is 5.56 Å². The van der Waals surface area contributed by atoms with E-state index in [2.05, 4.69) is 4.98 Å². The average molecular weight is 274 g/mol. The maximum Gasteiger partial charge on any atom is 0.417 e. The Morgan fingerprint density at radius 1 is 1.11 bits per heavy atom. The molecule has 0 atom stereocenters. The molecule has 0 radical (unpaired) electrons. The Morgan fingerprint density at radius 2 is 1.78 bits per heavy atom. The summed E-state index contributed by atoms with van der Waals surface area (Å²) in [4.78, 5) is 13.6. The van der Waals surface area contributed by atoms with Gasteiger partial charge in [0.05, 0.1) is 11.3 Å². The van der Waals surface area contributed by atoms with Crippen molar-refractivity contribution in [3.05, 3.63) is 57.3 Å². The topological polar surface area (TPSA) is 32.9 Å². The SMILES string of the molecule is O=c1cc(Cl)cc(-c2ccccc2C(F)(F)F)[nH]1. The number of hydrogen-bond donors (Lipinski definition) is 1. The van der Waals surface area contributed by atoms with Crippen molar-refractivity contribution in [2.24, 2.45) is 0 Å². The summed E-state index contributed by atoms with van der Waals surface area (Å²) in [5.41, 5.74) is -1.43. The molecule has 0 aliphatic heterocycles. The number of halogens is 4. The number of aromatic amines is 1. The van der Waals surface area contributed by atoms with Gasteiger partial charge in [-0.05, 0) is 12.1 Å². The van der Waals surface area contributed by atoms with Crippen LogP contribution in [0.2, 0.25) is 5.02 Å².